The van der Waals surface area contributed by atoms with E-state index in [0.29, 0.717) is 0 Å². The highest BCUT2D eigenvalue weighted by molar-refractivity contribution is 5.43. The first-order chi connectivity index (χ1) is 6.38. The normalized spacial score (nSPS) is 17.6. The molecule has 0 spiro atoms. The molecule has 1 aliphatic rings. The summed E-state index contributed by atoms with van der Waals surface area (Å²) in [6.45, 7) is 2.40. The van der Waals surface area contributed by atoms with Gasteiger partial charge in [-0.25, -0.2) is 5.01 Å². The van der Waals surface area contributed by atoms with Gasteiger partial charge in [0.25, 0.3) is 0 Å². The van der Waals surface area contributed by atoms with Gasteiger partial charge in [-0.1, -0.05) is 18.2 Å². The summed E-state index contributed by atoms with van der Waals surface area (Å²) >= 11 is 0. The molecule has 1 fully saturated rings. The van der Waals surface area contributed by atoms with Crippen molar-refractivity contribution in [2.45, 2.75) is 12.8 Å². The molecule has 0 aliphatic carbocycles. The fourth-order valence-electron chi connectivity index (χ4n) is 1.81. The van der Waals surface area contributed by atoms with Crippen LogP contribution in [0.15, 0.2) is 30.3 Å². The van der Waals surface area contributed by atoms with E-state index in [1.54, 1.807) is 0 Å². The van der Waals surface area contributed by atoms with Crippen molar-refractivity contribution in [1.82, 2.24) is 5.01 Å². The summed E-state index contributed by atoms with van der Waals surface area (Å²) < 4.78 is 0. The summed E-state index contributed by atoms with van der Waals surface area (Å²) in [5, 5.41) is 4.66. The Morgan fingerprint density at radius 2 is 1.69 bits per heavy atom. The van der Waals surface area contributed by atoms with Gasteiger partial charge in [-0.15, -0.1) is 0 Å². The van der Waals surface area contributed by atoms with E-state index in [2.05, 4.69) is 47.4 Å². The lowest BCUT2D eigenvalue weighted by Gasteiger charge is -2.29. The SMILES string of the molecule is CN(c1ccccc1)N1CCCC1. The minimum atomic E-state index is 1.20. The van der Waals surface area contributed by atoms with Gasteiger partial charge in [-0.3, -0.25) is 0 Å². The van der Waals surface area contributed by atoms with Gasteiger partial charge in [0.2, 0.25) is 0 Å². The van der Waals surface area contributed by atoms with Crippen LogP contribution in [-0.4, -0.2) is 25.1 Å². The second-order valence-electron chi connectivity index (χ2n) is 3.52. The molecule has 2 heteroatoms. The Hall–Kier alpha value is -1.02. The van der Waals surface area contributed by atoms with Gasteiger partial charge >= 0.3 is 0 Å². The van der Waals surface area contributed by atoms with Crippen LogP contribution < -0.4 is 5.01 Å². The van der Waals surface area contributed by atoms with Crippen LogP contribution in [0.3, 0.4) is 0 Å². The van der Waals surface area contributed by atoms with E-state index in [9.17, 15) is 0 Å². The number of hydrazine groups is 1. The first-order valence-electron chi connectivity index (χ1n) is 4.91. The summed E-state index contributed by atoms with van der Waals surface area (Å²) in [6.07, 6.45) is 2.66. The quantitative estimate of drug-likeness (QED) is 0.681. The molecule has 0 N–H and O–H groups in total. The molecule has 0 aromatic heterocycles. The molecule has 70 valence electrons. The molecule has 1 aromatic rings. The Balaban J connectivity index is 2.08. The summed E-state index contributed by atoms with van der Waals surface area (Å²) in [6, 6.07) is 10.5. The van der Waals surface area contributed by atoms with E-state index in [-0.39, 0.29) is 0 Å². The highest BCUT2D eigenvalue weighted by atomic mass is 15.6. The molecular formula is C11H16N2. The van der Waals surface area contributed by atoms with Gasteiger partial charge in [0.1, 0.15) is 0 Å². The molecule has 1 aliphatic heterocycles. The first kappa shape index (κ1) is 8.57. The fourth-order valence-corrected chi connectivity index (χ4v) is 1.81. The molecule has 2 nitrogen and oxygen atoms in total. The average Bonchev–Trinajstić information content (AvgIpc) is 2.71. The molecule has 0 unspecified atom stereocenters. The third-order valence-corrected chi connectivity index (χ3v) is 2.64. The molecule has 1 saturated heterocycles. The third-order valence-electron chi connectivity index (χ3n) is 2.64. The summed E-state index contributed by atoms with van der Waals surface area (Å²) in [5.74, 6) is 0. The van der Waals surface area contributed by atoms with Crippen LogP contribution in [0, 0.1) is 0 Å². The van der Waals surface area contributed by atoms with Crippen LogP contribution in [0.25, 0.3) is 0 Å². The average molecular weight is 176 g/mol. The van der Waals surface area contributed by atoms with Crippen LogP contribution >= 0.6 is 0 Å². The predicted molar refractivity (Wildman–Crippen MR) is 55.7 cm³/mol. The Morgan fingerprint density at radius 3 is 2.31 bits per heavy atom. The number of rotatable bonds is 2. The Kier molecular flexibility index (Phi) is 2.50. The molecule has 13 heavy (non-hydrogen) atoms. The number of para-hydroxylation sites is 1. The van der Waals surface area contributed by atoms with Crippen molar-refractivity contribution in [1.29, 1.82) is 0 Å². The van der Waals surface area contributed by atoms with Crippen molar-refractivity contribution in [2.75, 3.05) is 25.1 Å². The van der Waals surface area contributed by atoms with Crippen molar-refractivity contribution in [3.8, 4) is 0 Å². The van der Waals surface area contributed by atoms with Crippen LogP contribution in [-0.2, 0) is 0 Å². The van der Waals surface area contributed by atoms with Gasteiger partial charge in [0, 0.05) is 20.1 Å². The third kappa shape index (κ3) is 1.83. The van der Waals surface area contributed by atoms with Crippen molar-refractivity contribution in [3.63, 3.8) is 0 Å². The number of nitrogens with zero attached hydrogens (tertiary/aromatic N) is 2. The number of hydrogen-bond donors (Lipinski definition) is 0. The highest BCUT2D eigenvalue weighted by Crippen LogP contribution is 2.17. The standard InChI is InChI=1S/C11H16N2/c1-12(13-9-5-6-10-13)11-7-3-2-4-8-11/h2-4,7-8H,5-6,9-10H2,1H3. The van der Waals surface area contributed by atoms with Gasteiger partial charge in [0.15, 0.2) is 0 Å². The van der Waals surface area contributed by atoms with Crippen molar-refractivity contribution in [2.24, 2.45) is 0 Å². The molecule has 2 rings (SSSR count). The fraction of sp³-hybridized carbons (Fsp3) is 0.455. The summed E-state index contributed by atoms with van der Waals surface area (Å²) in [7, 11) is 2.14. The number of anilines is 1. The zero-order chi connectivity index (χ0) is 9.10. The van der Waals surface area contributed by atoms with Gasteiger partial charge in [0.05, 0.1) is 5.69 Å². The lowest BCUT2D eigenvalue weighted by atomic mass is 10.3. The maximum atomic E-state index is 2.40. The van der Waals surface area contributed by atoms with Gasteiger partial charge in [-0.05, 0) is 25.0 Å². The predicted octanol–water partition coefficient (Wildman–Crippen LogP) is 2.13. The minimum Gasteiger partial charge on any atom is -0.309 e. The van der Waals surface area contributed by atoms with E-state index in [0.717, 1.165) is 0 Å². The zero-order valence-electron chi connectivity index (χ0n) is 8.11. The number of benzene rings is 1. The van der Waals surface area contributed by atoms with E-state index in [1.807, 2.05) is 0 Å². The monoisotopic (exact) mass is 176 g/mol. The zero-order valence-corrected chi connectivity index (χ0v) is 8.11. The van der Waals surface area contributed by atoms with Gasteiger partial charge in [-0.2, -0.15) is 0 Å². The Bertz CT molecular complexity index is 252. The summed E-state index contributed by atoms with van der Waals surface area (Å²) in [5.41, 5.74) is 1.28. The van der Waals surface area contributed by atoms with E-state index >= 15 is 0 Å². The van der Waals surface area contributed by atoms with E-state index < -0.39 is 0 Å². The molecule has 1 aromatic carbocycles. The van der Waals surface area contributed by atoms with Crippen molar-refractivity contribution < 1.29 is 0 Å². The lowest BCUT2D eigenvalue weighted by Crippen LogP contribution is -2.37. The second-order valence-corrected chi connectivity index (χ2v) is 3.52. The van der Waals surface area contributed by atoms with Crippen LogP contribution in [0.1, 0.15) is 12.8 Å². The minimum absolute atomic E-state index is 1.20. The van der Waals surface area contributed by atoms with Gasteiger partial charge < -0.3 is 5.01 Å². The van der Waals surface area contributed by atoms with Crippen molar-refractivity contribution in [3.05, 3.63) is 30.3 Å². The van der Waals surface area contributed by atoms with Crippen LogP contribution in [0.4, 0.5) is 5.69 Å². The lowest BCUT2D eigenvalue weighted by molar-refractivity contribution is 0.328. The molecule has 0 saturated carbocycles. The van der Waals surface area contributed by atoms with E-state index in [4.69, 9.17) is 0 Å². The molecule has 0 amide bonds. The Labute approximate surface area is 79.7 Å². The maximum Gasteiger partial charge on any atom is 0.0518 e. The molecule has 0 bridgehead atoms. The molecule has 0 atom stereocenters. The maximum absolute atomic E-state index is 2.40. The molecule has 0 radical (unpaired) electrons. The summed E-state index contributed by atoms with van der Waals surface area (Å²) in [4.78, 5) is 0. The van der Waals surface area contributed by atoms with Crippen molar-refractivity contribution >= 4 is 5.69 Å². The highest BCUT2D eigenvalue weighted by Gasteiger charge is 2.15. The number of hydrogen-bond acceptors (Lipinski definition) is 2. The topological polar surface area (TPSA) is 6.48 Å². The first-order valence-corrected chi connectivity index (χ1v) is 4.91. The Morgan fingerprint density at radius 1 is 1.08 bits per heavy atom. The molecular weight excluding hydrogens is 160 g/mol. The van der Waals surface area contributed by atoms with Crippen LogP contribution in [0.2, 0.25) is 0 Å². The largest absolute Gasteiger partial charge is 0.309 e. The molecule has 1 heterocycles. The van der Waals surface area contributed by atoms with E-state index in [1.165, 1.54) is 31.6 Å². The van der Waals surface area contributed by atoms with Crippen LogP contribution in [0.5, 0.6) is 0 Å². The smallest absolute Gasteiger partial charge is 0.0518 e. The second kappa shape index (κ2) is 3.79.